The van der Waals surface area contributed by atoms with E-state index in [1.165, 1.54) is 0 Å². The van der Waals surface area contributed by atoms with Gasteiger partial charge in [-0.05, 0) is 24.3 Å². The number of anilines is 2. The summed E-state index contributed by atoms with van der Waals surface area (Å²) in [6, 6.07) is 9.92. The average molecular weight is 261 g/mol. The van der Waals surface area contributed by atoms with Gasteiger partial charge in [0.05, 0.1) is 11.6 Å². The second kappa shape index (κ2) is 4.86. The van der Waals surface area contributed by atoms with Gasteiger partial charge in [0.25, 0.3) is 0 Å². The Labute approximate surface area is 115 Å². The van der Waals surface area contributed by atoms with Gasteiger partial charge < -0.3 is 10.3 Å². The Morgan fingerprint density at radius 1 is 1.25 bits per heavy atom. The lowest BCUT2D eigenvalue weighted by Gasteiger charge is -2.05. The molecule has 2 heterocycles. The van der Waals surface area contributed by atoms with Gasteiger partial charge in [-0.3, -0.25) is 0 Å². The maximum atomic E-state index is 8.75. The normalized spacial score (nSPS) is 10.2. The largest absolute Gasteiger partial charge is 0.361 e. The number of hydrogen-bond donors (Lipinski definition) is 2. The van der Waals surface area contributed by atoms with Crippen molar-refractivity contribution in [3.8, 4) is 6.07 Å². The predicted molar refractivity (Wildman–Crippen MR) is 78.3 cm³/mol. The molecule has 0 amide bonds. The molecule has 96 valence electrons. The van der Waals surface area contributed by atoms with Crippen molar-refractivity contribution in [3.05, 3.63) is 55.0 Å². The standard InChI is InChI=1S/C15H11N5/c1-10(7-16)12-8-18-15(19-9-12)20-13-2-3-14-11(6-13)4-5-17-14/h2-6,8-9,17H,1H2,(H,18,19,20). The summed E-state index contributed by atoms with van der Waals surface area (Å²) in [5.41, 5.74) is 2.96. The van der Waals surface area contributed by atoms with Crippen molar-refractivity contribution in [1.29, 1.82) is 5.26 Å². The SMILES string of the molecule is C=C(C#N)c1cnc(Nc2ccc3[nH]ccc3c2)nc1. The predicted octanol–water partition coefficient (Wildman–Crippen LogP) is 3.24. The number of fused-ring (bicyclic) bond motifs is 1. The Morgan fingerprint density at radius 3 is 2.80 bits per heavy atom. The van der Waals surface area contributed by atoms with Crippen molar-refractivity contribution >= 4 is 28.1 Å². The van der Waals surface area contributed by atoms with E-state index in [1.54, 1.807) is 12.4 Å². The van der Waals surface area contributed by atoms with Crippen LogP contribution in [0.25, 0.3) is 16.5 Å². The van der Waals surface area contributed by atoms with E-state index >= 15 is 0 Å². The molecule has 3 aromatic rings. The Balaban J connectivity index is 1.83. The molecular weight excluding hydrogens is 250 g/mol. The molecule has 0 aliphatic heterocycles. The molecule has 0 bridgehead atoms. The minimum atomic E-state index is 0.352. The molecule has 0 unspecified atom stereocenters. The second-order valence-electron chi connectivity index (χ2n) is 4.29. The van der Waals surface area contributed by atoms with Crippen molar-refractivity contribution in [2.24, 2.45) is 0 Å². The first-order valence-corrected chi connectivity index (χ1v) is 6.02. The molecule has 0 fully saturated rings. The zero-order valence-corrected chi connectivity index (χ0v) is 10.6. The Morgan fingerprint density at radius 2 is 2.05 bits per heavy atom. The quantitative estimate of drug-likeness (QED) is 0.709. The lowest BCUT2D eigenvalue weighted by atomic mass is 10.2. The van der Waals surface area contributed by atoms with Gasteiger partial charge in [0, 0.05) is 40.7 Å². The van der Waals surface area contributed by atoms with E-state index in [0.29, 0.717) is 17.1 Å². The van der Waals surface area contributed by atoms with Crippen LogP contribution in [0.5, 0.6) is 0 Å². The minimum Gasteiger partial charge on any atom is -0.361 e. The highest BCUT2D eigenvalue weighted by Gasteiger charge is 2.02. The smallest absolute Gasteiger partial charge is 0.227 e. The molecule has 2 aromatic heterocycles. The molecule has 0 atom stereocenters. The number of hydrogen-bond acceptors (Lipinski definition) is 4. The van der Waals surface area contributed by atoms with Gasteiger partial charge in [-0.15, -0.1) is 0 Å². The summed E-state index contributed by atoms with van der Waals surface area (Å²) in [6.45, 7) is 3.62. The fourth-order valence-electron chi connectivity index (χ4n) is 1.87. The maximum absolute atomic E-state index is 8.75. The summed E-state index contributed by atoms with van der Waals surface area (Å²) in [4.78, 5) is 11.5. The molecule has 0 spiro atoms. The van der Waals surface area contributed by atoms with Crippen LogP contribution in [-0.2, 0) is 0 Å². The summed E-state index contributed by atoms with van der Waals surface area (Å²) >= 11 is 0. The van der Waals surface area contributed by atoms with Gasteiger partial charge in [-0.25, -0.2) is 9.97 Å². The van der Waals surface area contributed by atoms with Crippen LogP contribution in [0.15, 0.2) is 49.4 Å². The van der Waals surface area contributed by atoms with Crippen LogP contribution in [0.1, 0.15) is 5.56 Å². The lowest BCUT2D eigenvalue weighted by molar-refractivity contribution is 1.15. The van der Waals surface area contributed by atoms with Crippen LogP contribution in [0.4, 0.5) is 11.6 Å². The number of nitrogens with one attached hydrogen (secondary N) is 2. The van der Waals surface area contributed by atoms with E-state index in [1.807, 2.05) is 36.5 Å². The van der Waals surface area contributed by atoms with E-state index < -0.39 is 0 Å². The Bertz CT molecular complexity index is 808. The number of nitrogens with zero attached hydrogens (tertiary/aromatic N) is 3. The van der Waals surface area contributed by atoms with Crippen LogP contribution in [0.3, 0.4) is 0 Å². The maximum Gasteiger partial charge on any atom is 0.227 e. The third-order valence-electron chi connectivity index (χ3n) is 2.94. The van der Waals surface area contributed by atoms with Crippen LogP contribution >= 0.6 is 0 Å². The van der Waals surface area contributed by atoms with E-state index in [2.05, 4.69) is 26.8 Å². The van der Waals surface area contributed by atoms with Crippen molar-refractivity contribution in [3.63, 3.8) is 0 Å². The average Bonchev–Trinajstić information content (AvgIpc) is 2.95. The summed E-state index contributed by atoms with van der Waals surface area (Å²) in [6.07, 6.45) is 5.05. The van der Waals surface area contributed by atoms with Gasteiger partial charge in [-0.2, -0.15) is 5.26 Å². The summed E-state index contributed by atoms with van der Waals surface area (Å²) < 4.78 is 0. The zero-order chi connectivity index (χ0) is 13.9. The van der Waals surface area contributed by atoms with Crippen molar-refractivity contribution in [2.75, 3.05) is 5.32 Å². The molecule has 1 aromatic carbocycles. The number of H-pyrrole nitrogens is 1. The van der Waals surface area contributed by atoms with Gasteiger partial charge >= 0.3 is 0 Å². The molecule has 0 aliphatic carbocycles. The van der Waals surface area contributed by atoms with Crippen molar-refractivity contribution in [2.45, 2.75) is 0 Å². The molecule has 5 nitrogen and oxygen atoms in total. The molecule has 2 N–H and O–H groups in total. The summed E-state index contributed by atoms with van der Waals surface area (Å²) in [7, 11) is 0. The van der Waals surface area contributed by atoms with E-state index in [4.69, 9.17) is 5.26 Å². The number of benzene rings is 1. The minimum absolute atomic E-state index is 0.352. The monoisotopic (exact) mass is 261 g/mol. The molecule has 0 radical (unpaired) electrons. The molecule has 20 heavy (non-hydrogen) atoms. The zero-order valence-electron chi connectivity index (χ0n) is 10.6. The van der Waals surface area contributed by atoms with Crippen LogP contribution in [-0.4, -0.2) is 15.0 Å². The van der Waals surface area contributed by atoms with Crippen LogP contribution < -0.4 is 5.32 Å². The molecule has 3 rings (SSSR count). The topological polar surface area (TPSA) is 77.4 Å². The highest BCUT2D eigenvalue weighted by Crippen LogP contribution is 2.20. The summed E-state index contributed by atoms with van der Waals surface area (Å²) in [5.74, 6) is 0.481. The molecular formula is C15H11N5. The van der Waals surface area contributed by atoms with E-state index in [-0.39, 0.29) is 0 Å². The van der Waals surface area contributed by atoms with Crippen molar-refractivity contribution < 1.29 is 0 Å². The van der Waals surface area contributed by atoms with Gasteiger partial charge in [-0.1, -0.05) is 6.58 Å². The molecule has 0 saturated heterocycles. The second-order valence-corrected chi connectivity index (χ2v) is 4.29. The van der Waals surface area contributed by atoms with Crippen LogP contribution in [0, 0.1) is 11.3 Å². The lowest BCUT2D eigenvalue weighted by Crippen LogP contribution is -1.97. The molecule has 5 heteroatoms. The van der Waals surface area contributed by atoms with E-state index in [0.717, 1.165) is 16.6 Å². The third-order valence-corrected chi connectivity index (χ3v) is 2.94. The number of aromatic amines is 1. The molecule has 0 saturated carbocycles. The third kappa shape index (κ3) is 2.22. The van der Waals surface area contributed by atoms with Gasteiger partial charge in [0.2, 0.25) is 5.95 Å². The first-order chi connectivity index (χ1) is 9.76. The first-order valence-electron chi connectivity index (χ1n) is 6.02. The van der Waals surface area contributed by atoms with Crippen molar-refractivity contribution in [1.82, 2.24) is 15.0 Å². The van der Waals surface area contributed by atoms with Gasteiger partial charge in [0.15, 0.2) is 0 Å². The number of rotatable bonds is 3. The van der Waals surface area contributed by atoms with E-state index in [9.17, 15) is 0 Å². The highest BCUT2D eigenvalue weighted by molar-refractivity contribution is 5.83. The highest BCUT2D eigenvalue weighted by atomic mass is 15.1. The summed E-state index contributed by atoms with van der Waals surface area (Å²) in [5, 5.41) is 13.0. The van der Waals surface area contributed by atoms with Gasteiger partial charge in [0.1, 0.15) is 0 Å². The number of nitriles is 1. The number of aromatic nitrogens is 3. The number of allylic oxidation sites excluding steroid dienone is 1. The van der Waals surface area contributed by atoms with Crippen LogP contribution in [0.2, 0.25) is 0 Å². The fourth-order valence-corrected chi connectivity index (χ4v) is 1.87. The first kappa shape index (κ1) is 11.9. The fraction of sp³-hybridized carbons (Fsp3) is 0. The molecule has 0 aliphatic rings. The Kier molecular flexibility index (Phi) is 2.90. The Hall–Kier alpha value is -3.13.